The van der Waals surface area contributed by atoms with E-state index in [9.17, 15) is 9.59 Å². The Balaban J connectivity index is 1.46. The zero-order valence-corrected chi connectivity index (χ0v) is 20.4. The molecular weight excluding hydrogens is 442 g/mol. The van der Waals surface area contributed by atoms with Gasteiger partial charge in [-0.05, 0) is 42.7 Å². The van der Waals surface area contributed by atoms with Crippen LogP contribution in [0.3, 0.4) is 0 Å². The third-order valence-corrected chi connectivity index (χ3v) is 6.55. The van der Waals surface area contributed by atoms with Gasteiger partial charge in [0.2, 0.25) is 5.91 Å². The molecule has 0 bridgehead atoms. The number of carbonyl (C=O) groups is 2. The summed E-state index contributed by atoms with van der Waals surface area (Å²) < 4.78 is 10.6. The van der Waals surface area contributed by atoms with Gasteiger partial charge in [-0.1, -0.05) is 36.4 Å². The second-order valence-electron chi connectivity index (χ2n) is 8.68. The summed E-state index contributed by atoms with van der Waals surface area (Å²) in [5.41, 5.74) is 2.36. The summed E-state index contributed by atoms with van der Waals surface area (Å²) in [7, 11) is 4.96. The van der Waals surface area contributed by atoms with Crippen molar-refractivity contribution in [2.45, 2.75) is 18.9 Å². The Morgan fingerprint density at radius 3 is 2.14 bits per heavy atom. The summed E-state index contributed by atoms with van der Waals surface area (Å²) in [6, 6.07) is 20.6. The molecule has 0 radical (unpaired) electrons. The predicted molar refractivity (Wildman–Crippen MR) is 133 cm³/mol. The molecule has 1 atom stereocenters. The topological polar surface area (TPSA) is 72.0 Å². The maximum absolute atomic E-state index is 13.6. The van der Waals surface area contributed by atoms with Crippen molar-refractivity contribution in [2.24, 2.45) is 5.92 Å². The van der Waals surface area contributed by atoms with Crippen molar-refractivity contribution in [1.29, 1.82) is 0 Å². The predicted octanol–water partition coefficient (Wildman–Crippen LogP) is 4.20. The van der Waals surface area contributed by atoms with Gasteiger partial charge in [0, 0.05) is 43.9 Å². The molecule has 1 aromatic heterocycles. The maximum atomic E-state index is 13.6. The Kier molecular flexibility index (Phi) is 7.65. The molecule has 2 amide bonds. The summed E-state index contributed by atoms with van der Waals surface area (Å²) in [6.45, 7) is 1.03. The summed E-state index contributed by atoms with van der Waals surface area (Å²) in [5.74, 6) is 0.970. The van der Waals surface area contributed by atoms with Gasteiger partial charge < -0.3 is 19.3 Å². The quantitative estimate of drug-likeness (QED) is 0.514. The zero-order valence-electron chi connectivity index (χ0n) is 20.4. The van der Waals surface area contributed by atoms with Crippen molar-refractivity contribution in [3.63, 3.8) is 0 Å². The molecule has 0 aliphatic carbocycles. The number of rotatable bonds is 7. The van der Waals surface area contributed by atoms with Crippen LogP contribution in [0.4, 0.5) is 0 Å². The van der Waals surface area contributed by atoms with E-state index in [1.54, 1.807) is 48.4 Å². The Bertz CT molecular complexity index is 1080. The minimum atomic E-state index is -0.270. The van der Waals surface area contributed by atoms with E-state index in [1.165, 1.54) is 0 Å². The average Bonchev–Trinajstić information content (AvgIpc) is 2.93. The minimum Gasteiger partial charge on any atom is -0.497 e. The number of piperidine rings is 1. The lowest BCUT2D eigenvalue weighted by Crippen LogP contribution is -2.44. The normalized spacial score (nSPS) is 14.8. The van der Waals surface area contributed by atoms with Crippen LogP contribution < -0.4 is 9.47 Å². The number of hydrogen-bond acceptors (Lipinski definition) is 5. The molecule has 182 valence electrons. The van der Waals surface area contributed by atoms with Crippen molar-refractivity contribution < 1.29 is 19.1 Å². The van der Waals surface area contributed by atoms with E-state index in [1.807, 2.05) is 55.6 Å². The standard InChI is InChI=1S/C28H31N3O4/c1-30(26(20-9-5-4-6-10-20)25-11-7-8-14-29-25)27(32)21-12-15-31(16-13-21)28(33)22-17-23(34-2)19-24(18-22)35-3/h4-11,14,17-19,21,26H,12-13,15-16H2,1-3H3. The maximum Gasteiger partial charge on any atom is 0.254 e. The highest BCUT2D eigenvalue weighted by Gasteiger charge is 2.33. The molecule has 4 rings (SSSR count). The molecule has 2 heterocycles. The number of pyridine rings is 1. The van der Waals surface area contributed by atoms with Gasteiger partial charge in [-0.15, -0.1) is 0 Å². The number of carbonyl (C=O) groups excluding carboxylic acids is 2. The lowest BCUT2D eigenvalue weighted by molar-refractivity contribution is -0.137. The number of methoxy groups -OCH3 is 2. The zero-order chi connectivity index (χ0) is 24.8. The third kappa shape index (κ3) is 5.45. The van der Waals surface area contributed by atoms with Gasteiger partial charge in [0.05, 0.1) is 26.0 Å². The van der Waals surface area contributed by atoms with Crippen LogP contribution in [0.1, 0.15) is 40.5 Å². The summed E-state index contributed by atoms with van der Waals surface area (Å²) in [4.78, 5) is 34.8. The van der Waals surface area contributed by atoms with E-state index in [0.717, 1.165) is 11.3 Å². The number of amides is 2. The number of nitrogens with zero attached hydrogens (tertiary/aromatic N) is 3. The second kappa shape index (κ2) is 11.0. The first kappa shape index (κ1) is 24.3. The number of hydrogen-bond donors (Lipinski definition) is 0. The average molecular weight is 474 g/mol. The number of benzene rings is 2. The van der Waals surface area contributed by atoms with Crippen molar-refractivity contribution in [3.8, 4) is 11.5 Å². The fourth-order valence-electron chi connectivity index (χ4n) is 4.62. The van der Waals surface area contributed by atoms with Crippen LogP contribution in [0.15, 0.2) is 72.9 Å². The Morgan fingerprint density at radius 1 is 0.943 bits per heavy atom. The molecule has 1 aliphatic rings. The van der Waals surface area contributed by atoms with E-state index < -0.39 is 0 Å². The van der Waals surface area contributed by atoms with Crippen molar-refractivity contribution in [3.05, 3.63) is 89.7 Å². The highest BCUT2D eigenvalue weighted by molar-refractivity contribution is 5.95. The van der Waals surface area contributed by atoms with E-state index in [0.29, 0.717) is 43.0 Å². The Labute approximate surface area is 206 Å². The summed E-state index contributed by atoms with van der Waals surface area (Å²) in [6.07, 6.45) is 2.97. The first-order valence-electron chi connectivity index (χ1n) is 11.8. The van der Waals surface area contributed by atoms with Crippen LogP contribution in [0.25, 0.3) is 0 Å². The van der Waals surface area contributed by atoms with Crippen LogP contribution >= 0.6 is 0 Å². The van der Waals surface area contributed by atoms with Crippen molar-refractivity contribution in [2.75, 3.05) is 34.4 Å². The summed E-state index contributed by atoms with van der Waals surface area (Å²) in [5, 5.41) is 0. The lowest BCUT2D eigenvalue weighted by atomic mass is 9.93. The van der Waals surface area contributed by atoms with Gasteiger partial charge in [-0.3, -0.25) is 14.6 Å². The first-order chi connectivity index (χ1) is 17.0. The fourth-order valence-corrected chi connectivity index (χ4v) is 4.62. The number of ether oxygens (including phenoxy) is 2. The van der Waals surface area contributed by atoms with Gasteiger partial charge in [-0.25, -0.2) is 0 Å². The molecule has 3 aromatic rings. The molecule has 1 aliphatic heterocycles. The van der Waals surface area contributed by atoms with E-state index >= 15 is 0 Å². The fraction of sp³-hybridized carbons (Fsp3) is 0.321. The number of likely N-dealkylation sites (tertiary alicyclic amines) is 1. The molecule has 0 saturated carbocycles. The van der Waals surface area contributed by atoms with Crippen LogP contribution in [-0.4, -0.2) is 61.0 Å². The molecular formula is C28H31N3O4. The van der Waals surface area contributed by atoms with Gasteiger partial charge >= 0.3 is 0 Å². The van der Waals surface area contributed by atoms with E-state index in [-0.39, 0.29) is 23.8 Å². The smallest absolute Gasteiger partial charge is 0.254 e. The molecule has 1 fully saturated rings. The molecule has 2 aromatic carbocycles. The van der Waals surface area contributed by atoms with Gasteiger partial charge in [-0.2, -0.15) is 0 Å². The first-order valence-corrected chi connectivity index (χ1v) is 11.8. The Hall–Kier alpha value is -3.87. The SMILES string of the molecule is COc1cc(OC)cc(C(=O)N2CCC(C(=O)N(C)C(c3ccccc3)c3ccccn3)CC2)c1. The van der Waals surface area contributed by atoms with Gasteiger partial charge in [0.1, 0.15) is 11.5 Å². The molecule has 0 N–H and O–H groups in total. The summed E-state index contributed by atoms with van der Waals surface area (Å²) >= 11 is 0. The van der Waals surface area contributed by atoms with Gasteiger partial charge in [0.25, 0.3) is 5.91 Å². The molecule has 1 saturated heterocycles. The second-order valence-corrected chi connectivity index (χ2v) is 8.68. The molecule has 35 heavy (non-hydrogen) atoms. The van der Waals surface area contributed by atoms with E-state index in [2.05, 4.69) is 4.98 Å². The van der Waals surface area contributed by atoms with Crippen molar-refractivity contribution in [1.82, 2.24) is 14.8 Å². The highest BCUT2D eigenvalue weighted by atomic mass is 16.5. The van der Waals surface area contributed by atoms with Crippen LogP contribution in [0, 0.1) is 5.92 Å². The molecule has 7 nitrogen and oxygen atoms in total. The highest BCUT2D eigenvalue weighted by Crippen LogP contribution is 2.30. The third-order valence-electron chi connectivity index (χ3n) is 6.55. The van der Waals surface area contributed by atoms with Crippen LogP contribution in [0.5, 0.6) is 11.5 Å². The number of aromatic nitrogens is 1. The van der Waals surface area contributed by atoms with Crippen molar-refractivity contribution >= 4 is 11.8 Å². The van der Waals surface area contributed by atoms with Crippen LogP contribution in [0.2, 0.25) is 0 Å². The Morgan fingerprint density at radius 2 is 1.57 bits per heavy atom. The molecule has 0 spiro atoms. The minimum absolute atomic E-state index is 0.0691. The van der Waals surface area contributed by atoms with E-state index in [4.69, 9.17) is 9.47 Å². The van der Waals surface area contributed by atoms with Crippen LogP contribution in [-0.2, 0) is 4.79 Å². The monoisotopic (exact) mass is 473 g/mol. The lowest BCUT2D eigenvalue weighted by Gasteiger charge is -2.36. The molecule has 1 unspecified atom stereocenters. The molecule has 7 heteroatoms. The van der Waals surface area contributed by atoms with Gasteiger partial charge in [0.15, 0.2) is 0 Å². The largest absolute Gasteiger partial charge is 0.497 e.